The highest BCUT2D eigenvalue weighted by Gasteiger charge is 2.20. The standard InChI is InChI=1S/C10H15N3O/c14-12-10-4-2-1-3-9(10)7-13-6-5-11-8-13/h5-6,8-9,14H,1-4,7H2. The van der Waals surface area contributed by atoms with Crippen molar-refractivity contribution in [3.05, 3.63) is 18.7 Å². The van der Waals surface area contributed by atoms with Crippen molar-refractivity contribution in [2.75, 3.05) is 0 Å². The van der Waals surface area contributed by atoms with E-state index in [0.717, 1.165) is 31.5 Å². The number of aromatic nitrogens is 2. The molecule has 0 aliphatic heterocycles. The minimum Gasteiger partial charge on any atom is -0.411 e. The van der Waals surface area contributed by atoms with Gasteiger partial charge in [0.1, 0.15) is 0 Å². The quantitative estimate of drug-likeness (QED) is 0.576. The Labute approximate surface area is 83.3 Å². The normalized spacial score (nSPS) is 25.4. The van der Waals surface area contributed by atoms with Crippen LogP contribution in [0.3, 0.4) is 0 Å². The van der Waals surface area contributed by atoms with Gasteiger partial charge in [0.05, 0.1) is 12.0 Å². The number of oxime groups is 1. The van der Waals surface area contributed by atoms with Crippen molar-refractivity contribution >= 4 is 5.71 Å². The Morgan fingerprint density at radius 1 is 1.57 bits per heavy atom. The highest BCUT2D eigenvalue weighted by Crippen LogP contribution is 2.23. The Bertz CT molecular complexity index is 305. The fraction of sp³-hybridized carbons (Fsp3) is 0.600. The first-order valence-electron chi connectivity index (χ1n) is 5.06. The van der Waals surface area contributed by atoms with Gasteiger partial charge in [0.2, 0.25) is 0 Å². The third-order valence-electron chi connectivity index (χ3n) is 2.83. The van der Waals surface area contributed by atoms with Gasteiger partial charge in [-0.25, -0.2) is 4.98 Å². The summed E-state index contributed by atoms with van der Waals surface area (Å²) in [6, 6.07) is 0. The Kier molecular flexibility index (Phi) is 2.81. The van der Waals surface area contributed by atoms with Crippen LogP contribution in [-0.4, -0.2) is 20.5 Å². The zero-order chi connectivity index (χ0) is 9.80. The van der Waals surface area contributed by atoms with E-state index < -0.39 is 0 Å². The molecule has 1 aromatic heterocycles. The van der Waals surface area contributed by atoms with E-state index >= 15 is 0 Å². The van der Waals surface area contributed by atoms with Gasteiger partial charge in [-0.15, -0.1) is 0 Å². The fourth-order valence-electron chi connectivity index (χ4n) is 2.05. The number of hydrogen-bond donors (Lipinski definition) is 1. The molecule has 4 heteroatoms. The topological polar surface area (TPSA) is 50.4 Å². The molecule has 1 aliphatic rings. The van der Waals surface area contributed by atoms with E-state index in [1.807, 2.05) is 17.1 Å². The van der Waals surface area contributed by atoms with Crippen molar-refractivity contribution in [1.29, 1.82) is 0 Å². The van der Waals surface area contributed by atoms with Crippen molar-refractivity contribution in [3.63, 3.8) is 0 Å². The molecule has 0 bridgehead atoms. The van der Waals surface area contributed by atoms with E-state index in [-0.39, 0.29) is 0 Å². The van der Waals surface area contributed by atoms with Gasteiger partial charge in [0.25, 0.3) is 0 Å². The largest absolute Gasteiger partial charge is 0.411 e. The zero-order valence-electron chi connectivity index (χ0n) is 8.13. The molecule has 1 aliphatic carbocycles. The van der Waals surface area contributed by atoms with Crippen LogP contribution in [0.5, 0.6) is 0 Å². The van der Waals surface area contributed by atoms with Crippen LogP contribution < -0.4 is 0 Å². The zero-order valence-corrected chi connectivity index (χ0v) is 8.13. The fourth-order valence-corrected chi connectivity index (χ4v) is 2.05. The van der Waals surface area contributed by atoms with Gasteiger partial charge in [-0.1, -0.05) is 11.6 Å². The lowest BCUT2D eigenvalue weighted by Crippen LogP contribution is -2.23. The highest BCUT2D eigenvalue weighted by atomic mass is 16.4. The van der Waals surface area contributed by atoms with E-state index in [9.17, 15) is 0 Å². The van der Waals surface area contributed by atoms with Crippen LogP contribution >= 0.6 is 0 Å². The Balaban J connectivity index is 2.02. The molecule has 1 fully saturated rings. The monoisotopic (exact) mass is 193 g/mol. The predicted octanol–water partition coefficient (Wildman–Crippen LogP) is 1.90. The molecule has 0 amide bonds. The van der Waals surface area contributed by atoms with Crippen LogP contribution in [-0.2, 0) is 6.54 Å². The number of nitrogens with zero attached hydrogens (tertiary/aromatic N) is 3. The Hall–Kier alpha value is -1.32. The summed E-state index contributed by atoms with van der Waals surface area (Å²) in [4.78, 5) is 4.00. The molecule has 1 atom stereocenters. The molecule has 1 saturated carbocycles. The molecule has 2 rings (SSSR count). The summed E-state index contributed by atoms with van der Waals surface area (Å²) in [7, 11) is 0. The minimum absolute atomic E-state index is 0.392. The third kappa shape index (κ3) is 1.95. The van der Waals surface area contributed by atoms with Crippen molar-refractivity contribution in [2.24, 2.45) is 11.1 Å². The van der Waals surface area contributed by atoms with Gasteiger partial charge in [0, 0.05) is 24.9 Å². The summed E-state index contributed by atoms with van der Waals surface area (Å²) < 4.78 is 2.04. The van der Waals surface area contributed by atoms with Gasteiger partial charge in [-0.2, -0.15) is 0 Å². The molecule has 1 aromatic rings. The van der Waals surface area contributed by atoms with Crippen molar-refractivity contribution in [3.8, 4) is 0 Å². The lowest BCUT2D eigenvalue weighted by molar-refractivity contribution is 0.306. The van der Waals surface area contributed by atoms with Crippen LogP contribution in [0.15, 0.2) is 23.9 Å². The lowest BCUT2D eigenvalue weighted by atomic mass is 9.87. The summed E-state index contributed by atoms with van der Waals surface area (Å²) in [5, 5.41) is 12.2. The molecule has 76 valence electrons. The second-order valence-corrected chi connectivity index (χ2v) is 3.79. The van der Waals surface area contributed by atoms with Crippen molar-refractivity contribution < 1.29 is 5.21 Å². The van der Waals surface area contributed by atoms with Crippen LogP contribution in [0.25, 0.3) is 0 Å². The smallest absolute Gasteiger partial charge is 0.0946 e. The Morgan fingerprint density at radius 2 is 2.50 bits per heavy atom. The van der Waals surface area contributed by atoms with Gasteiger partial charge >= 0.3 is 0 Å². The van der Waals surface area contributed by atoms with E-state index in [2.05, 4.69) is 10.1 Å². The second-order valence-electron chi connectivity index (χ2n) is 3.79. The predicted molar refractivity (Wildman–Crippen MR) is 53.4 cm³/mol. The molecular weight excluding hydrogens is 178 g/mol. The molecule has 1 unspecified atom stereocenters. The van der Waals surface area contributed by atoms with Gasteiger partial charge in [-0.05, 0) is 19.3 Å². The first-order chi connectivity index (χ1) is 6.90. The van der Waals surface area contributed by atoms with E-state index in [1.165, 1.54) is 6.42 Å². The summed E-state index contributed by atoms with van der Waals surface area (Å²) in [5.41, 5.74) is 0.949. The third-order valence-corrected chi connectivity index (χ3v) is 2.83. The van der Waals surface area contributed by atoms with Crippen LogP contribution in [0.1, 0.15) is 25.7 Å². The lowest BCUT2D eigenvalue weighted by Gasteiger charge is -2.22. The summed E-state index contributed by atoms with van der Waals surface area (Å²) in [6.45, 7) is 0.888. The summed E-state index contributed by atoms with van der Waals surface area (Å²) in [6.07, 6.45) is 9.98. The number of imidazole rings is 1. The van der Waals surface area contributed by atoms with Crippen LogP contribution in [0, 0.1) is 5.92 Å². The first kappa shape index (κ1) is 9.24. The maximum Gasteiger partial charge on any atom is 0.0946 e. The average molecular weight is 193 g/mol. The number of hydrogen-bond acceptors (Lipinski definition) is 3. The highest BCUT2D eigenvalue weighted by molar-refractivity contribution is 5.86. The van der Waals surface area contributed by atoms with Crippen molar-refractivity contribution in [1.82, 2.24) is 9.55 Å². The minimum atomic E-state index is 0.392. The second kappa shape index (κ2) is 4.26. The van der Waals surface area contributed by atoms with E-state index in [1.54, 1.807) is 6.20 Å². The summed E-state index contributed by atoms with van der Waals surface area (Å²) >= 11 is 0. The van der Waals surface area contributed by atoms with E-state index in [0.29, 0.717) is 5.92 Å². The molecule has 0 saturated heterocycles. The maximum atomic E-state index is 8.85. The van der Waals surface area contributed by atoms with E-state index in [4.69, 9.17) is 5.21 Å². The molecule has 1 N–H and O–H groups in total. The average Bonchev–Trinajstić information content (AvgIpc) is 2.71. The molecule has 0 radical (unpaired) electrons. The molecular formula is C10H15N3O. The summed E-state index contributed by atoms with van der Waals surface area (Å²) in [5.74, 6) is 0.392. The van der Waals surface area contributed by atoms with Crippen molar-refractivity contribution in [2.45, 2.75) is 32.2 Å². The SMILES string of the molecule is ON=C1CCCCC1Cn1ccnc1. The van der Waals surface area contributed by atoms with Crippen LogP contribution in [0.4, 0.5) is 0 Å². The number of rotatable bonds is 2. The molecule has 0 spiro atoms. The van der Waals surface area contributed by atoms with Crippen LogP contribution in [0.2, 0.25) is 0 Å². The first-order valence-corrected chi connectivity index (χ1v) is 5.06. The van der Waals surface area contributed by atoms with Gasteiger partial charge in [0.15, 0.2) is 0 Å². The maximum absolute atomic E-state index is 8.85. The molecule has 14 heavy (non-hydrogen) atoms. The van der Waals surface area contributed by atoms with Gasteiger partial charge in [-0.3, -0.25) is 0 Å². The molecule has 0 aromatic carbocycles. The molecule has 1 heterocycles. The van der Waals surface area contributed by atoms with Gasteiger partial charge < -0.3 is 9.77 Å². The Morgan fingerprint density at radius 3 is 3.21 bits per heavy atom. The molecule has 4 nitrogen and oxygen atoms in total.